The zero-order chi connectivity index (χ0) is 15.4. The molecular formula is C16H21ClN2O3. The SMILES string of the molecule is O=C(C1CN(Cc2ccc(Cl)cc2)CCO1)N1CCOCC1. The Morgan fingerprint density at radius 3 is 2.59 bits per heavy atom. The van der Waals surface area contributed by atoms with E-state index >= 15 is 0 Å². The van der Waals surface area contributed by atoms with Crippen LogP contribution in [0.2, 0.25) is 5.02 Å². The highest BCUT2D eigenvalue weighted by molar-refractivity contribution is 6.30. The molecule has 1 aromatic carbocycles. The van der Waals surface area contributed by atoms with Gasteiger partial charge in [0.05, 0.1) is 19.8 Å². The van der Waals surface area contributed by atoms with Crippen molar-refractivity contribution in [2.75, 3.05) is 46.0 Å². The van der Waals surface area contributed by atoms with E-state index < -0.39 is 0 Å². The second-order valence-electron chi connectivity index (χ2n) is 5.66. The van der Waals surface area contributed by atoms with E-state index in [2.05, 4.69) is 4.90 Å². The van der Waals surface area contributed by atoms with Crippen LogP contribution >= 0.6 is 11.6 Å². The normalized spacial score (nSPS) is 23.5. The van der Waals surface area contributed by atoms with Crippen LogP contribution < -0.4 is 0 Å². The van der Waals surface area contributed by atoms with Crippen molar-refractivity contribution in [1.29, 1.82) is 0 Å². The Hall–Kier alpha value is -1.14. The summed E-state index contributed by atoms with van der Waals surface area (Å²) < 4.78 is 11.0. The molecule has 120 valence electrons. The third-order valence-corrected chi connectivity index (χ3v) is 4.32. The van der Waals surface area contributed by atoms with E-state index in [9.17, 15) is 4.79 Å². The van der Waals surface area contributed by atoms with Gasteiger partial charge in [0.2, 0.25) is 0 Å². The maximum absolute atomic E-state index is 12.5. The molecule has 22 heavy (non-hydrogen) atoms. The molecule has 0 aliphatic carbocycles. The number of morpholine rings is 2. The largest absolute Gasteiger partial charge is 0.378 e. The summed E-state index contributed by atoms with van der Waals surface area (Å²) in [6, 6.07) is 7.84. The number of benzene rings is 1. The van der Waals surface area contributed by atoms with Crippen LogP contribution in [0.5, 0.6) is 0 Å². The van der Waals surface area contributed by atoms with Gasteiger partial charge >= 0.3 is 0 Å². The Kier molecular flexibility index (Phi) is 5.31. The first-order valence-corrected chi connectivity index (χ1v) is 8.05. The molecule has 2 saturated heterocycles. The number of nitrogens with zero attached hydrogens (tertiary/aromatic N) is 2. The maximum atomic E-state index is 12.5. The smallest absolute Gasteiger partial charge is 0.253 e. The zero-order valence-corrected chi connectivity index (χ0v) is 13.3. The van der Waals surface area contributed by atoms with E-state index in [1.807, 2.05) is 29.2 Å². The van der Waals surface area contributed by atoms with E-state index in [0.717, 1.165) is 18.1 Å². The van der Waals surface area contributed by atoms with E-state index in [-0.39, 0.29) is 12.0 Å². The third-order valence-electron chi connectivity index (χ3n) is 4.07. The molecule has 2 fully saturated rings. The molecule has 1 amide bonds. The molecule has 1 unspecified atom stereocenters. The summed E-state index contributed by atoms with van der Waals surface area (Å²) in [5.74, 6) is 0.0871. The molecule has 5 nitrogen and oxygen atoms in total. The highest BCUT2D eigenvalue weighted by atomic mass is 35.5. The summed E-state index contributed by atoms with van der Waals surface area (Å²) in [5, 5.41) is 0.742. The fraction of sp³-hybridized carbons (Fsp3) is 0.562. The van der Waals surface area contributed by atoms with Crippen LogP contribution in [0.4, 0.5) is 0 Å². The summed E-state index contributed by atoms with van der Waals surface area (Å²) in [7, 11) is 0. The fourth-order valence-electron chi connectivity index (χ4n) is 2.83. The lowest BCUT2D eigenvalue weighted by molar-refractivity contribution is -0.153. The highest BCUT2D eigenvalue weighted by Gasteiger charge is 2.30. The summed E-state index contributed by atoms with van der Waals surface area (Å²) >= 11 is 5.91. The molecular weight excluding hydrogens is 304 g/mol. The Balaban J connectivity index is 1.56. The van der Waals surface area contributed by atoms with Crippen molar-refractivity contribution in [2.24, 2.45) is 0 Å². The van der Waals surface area contributed by atoms with Gasteiger partial charge in [0, 0.05) is 37.7 Å². The number of rotatable bonds is 3. The van der Waals surface area contributed by atoms with Crippen molar-refractivity contribution >= 4 is 17.5 Å². The second-order valence-corrected chi connectivity index (χ2v) is 6.10. The van der Waals surface area contributed by atoms with Gasteiger partial charge in [-0.05, 0) is 17.7 Å². The Morgan fingerprint density at radius 2 is 1.86 bits per heavy atom. The van der Waals surface area contributed by atoms with Gasteiger partial charge in [-0.2, -0.15) is 0 Å². The number of ether oxygens (including phenoxy) is 2. The monoisotopic (exact) mass is 324 g/mol. The van der Waals surface area contributed by atoms with Crippen LogP contribution in [-0.2, 0) is 20.8 Å². The van der Waals surface area contributed by atoms with Crippen LogP contribution in [0.25, 0.3) is 0 Å². The van der Waals surface area contributed by atoms with Gasteiger partial charge in [-0.3, -0.25) is 9.69 Å². The quantitative estimate of drug-likeness (QED) is 0.843. The van der Waals surface area contributed by atoms with Crippen LogP contribution in [0, 0.1) is 0 Å². The molecule has 0 saturated carbocycles. The molecule has 0 aromatic heterocycles. The first-order valence-electron chi connectivity index (χ1n) is 7.67. The van der Waals surface area contributed by atoms with Crippen molar-refractivity contribution in [2.45, 2.75) is 12.6 Å². The van der Waals surface area contributed by atoms with Crippen LogP contribution in [-0.4, -0.2) is 67.8 Å². The molecule has 1 aromatic rings. The molecule has 2 aliphatic heterocycles. The number of amides is 1. The lowest BCUT2D eigenvalue weighted by atomic mass is 10.1. The summed E-state index contributed by atoms with van der Waals surface area (Å²) in [5.41, 5.74) is 1.20. The predicted molar refractivity (Wildman–Crippen MR) is 83.9 cm³/mol. The summed E-state index contributed by atoms with van der Waals surface area (Å²) in [6.07, 6.45) is -0.362. The number of carbonyl (C=O) groups excluding carboxylic acids is 1. The van der Waals surface area contributed by atoms with Gasteiger partial charge < -0.3 is 14.4 Å². The van der Waals surface area contributed by atoms with Gasteiger partial charge in [0.15, 0.2) is 0 Å². The molecule has 1 atom stereocenters. The molecule has 0 N–H and O–H groups in total. The maximum Gasteiger partial charge on any atom is 0.253 e. The average molecular weight is 325 g/mol. The first kappa shape index (κ1) is 15.7. The standard InChI is InChI=1S/C16H21ClN2O3/c17-14-3-1-13(2-4-14)11-18-5-10-22-15(12-18)16(20)19-6-8-21-9-7-19/h1-4,15H,5-12H2. The van der Waals surface area contributed by atoms with Crippen molar-refractivity contribution in [1.82, 2.24) is 9.80 Å². The molecule has 2 aliphatic rings. The van der Waals surface area contributed by atoms with Gasteiger partial charge in [0.25, 0.3) is 5.91 Å². The number of hydrogen-bond acceptors (Lipinski definition) is 4. The van der Waals surface area contributed by atoms with E-state index in [0.29, 0.717) is 39.5 Å². The lowest BCUT2D eigenvalue weighted by Gasteiger charge is -2.36. The Morgan fingerprint density at radius 1 is 1.14 bits per heavy atom. The van der Waals surface area contributed by atoms with E-state index in [1.165, 1.54) is 5.56 Å². The Labute approximate surface area is 135 Å². The van der Waals surface area contributed by atoms with Crippen LogP contribution in [0.15, 0.2) is 24.3 Å². The minimum Gasteiger partial charge on any atom is -0.378 e. The van der Waals surface area contributed by atoms with Crippen molar-refractivity contribution in [3.8, 4) is 0 Å². The first-order chi connectivity index (χ1) is 10.7. The van der Waals surface area contributed by atoms with Crippen molar-refractivity contribution in [3.05, 3.63) is 34.9 Å². The topological polar surface area (TPSA) is 42.0 Å². The number of hydrogen-bond donors (Lipinski definition) is 0. The molecule has 2 heterocycles. The van der Waals surface area contributed by atoms with Gasteiger partial charge in [-0.15, -0.1) is 0 Å². The van der Waals surface area contributed by atoms with Crippen molar-refractivity contribution in [3.63, 3.8) is 0 Å². The van der Waals surface area contributed by atoms with Gasteiger partial charge in [-0.25, -0.2) is 0 Å². The fourth-order valence-corrected chi connectivity index (χ4v) is 2.96. The van der Waals surface area contributed by atoms with Gasteiger partial charge in [0.1, 0.15) is 6.10 Å². The predicted octanol–water partition coefficient (Wildman–Crippen LogP) is 1.40. The molecule has 0 bridgehead atoms. The highest BCUT2D eigenvalue weighted by Crippen LogP contribution is 2.15. The Bertz CT molecular complexity index is 503. The van der Waals surface area contributed by atoms with E-state index in [1.54, 1.807) is 0 Å². The molecule has 6 heteroatoms. The van der Waals surface area contributed by atoms with Gasteiger partial charge in [-0.1, -0.05) is 23.7 Å². The second kappa shape index (κ2) is 7.42. The van der Waals surface area contributed by atoms with Crippen LogP contribution in [0.3, 0.4) is 0 Å². The molecule has 0 spiro atoms. The number of halogens is 1. The molecule has 0 radical (unpaired) electrons. The summed E-state index contributed by atoms with van der Waals surface area (Å²) in [6.45, 7) is 5.45. The minimum absolute atomic E-state index is 0.0871. The van der Waals surface area contributed by atoms with E-state index in [4.69, 9.17) is 21.1 Å². The summed E-state index contributed by atoms with van der Waals surface area (Å²) in [4.78, 5) is 16.6. The van der Waals surface area contributed by atoms with Crippen molar-refractivity contribution < 1.29 is 14.3 Å². The lowest BCUT2D eigenvalue weighted by Crippen LogP contribution is -2.53. The van der Waals surface area contributed by atoms with Crippen LogP contribution in [0.1, 0.15) is 5.56 Å². The average Bonchev–Trinajstić information content (AvgIpc) is 2.57. The minimum atomic E-state index is -0.362. The zero-order valence-electron chi connectivity index (χ0n) is 12.5. The number of carbonyl (C=O) groups is 1. The molecule has 3 rings (SSSR count). The third kappa shape index (κ3) is 3.98.